The Labute approximate surface area is 89.9 Å². The molecule has 1 heterocycles. The molecule has 0 bridgehead atoms. The van der Waals surface area contributed by atoms with Gasteiger partial charge >= 0.3 is 0 Å². The maximum Gasteiger partial charge on any atom is 0.149 e. The van der Waals surface area contributed by atoms with Crippen LogP contribution in [-0.4, -0.2) is 10.7 Å². The van der Waals surface area contributed by atoms with Crippen LogP contribution in [-0.2, 0) is 0 Å². The first kappa shape index (κ1) is 11.7. The second-order valence-corrected chi connectivity index (χ2v) is 3.59. The molecular formula is C12H17FN2. The lowest BCUT2D eigenvalue weighted by atomic mass is 10.1. The minimum atomic E-state index is -0.238. The van der Waals surface area contributed by atoms with Crippen molar-refractivity contribution in [1.29, 1.82) is 0 Å². The molecule has 0 radical (unpaired) electrons. The summed E-state index contributed by atoms with van der Waals surface area (Å²) in [6.45, 7) is 7.64. The smallest absolute Gasteiger partial charge is 0.149 e. The molecule has 0 unspecified atom stereocenters. The zero-order valence-electron chi connectivity index (χ0n) is 9.69. The van der Waals surface area contributed by atoms with Crippen LogP contribution < -0.4 is 0 Å². The maximum atomic E-state index is 13.4. The van der Waals surface area contributed by atoms with E-state index in [-0.39, 0.29) is 5.82 Å². The van der Waals surface area contributed by atoms with E-state index in [9.17, 15) is 4.39 Å². The molecule has 1 rings (SSSR count). The summed E-state index contributed by atoms with van der Waals surface area (Å²) in [4.78, 5) is 7.20. The molecule has 0 fully saturated rings. The normalized spacial score (nSPS) is 13.4. The van der Waals surface area contributed by atoms with Gasteiger partial charge in [0, 0.05) is 23.3 Å². The summed E-state index contributed by atoms with van der Waals surface area (Å²) in [5.41, 5.74) is 3.04. The molecule has 0 aliphatic heterocycles. The number of nitrogens with zero attached hydrogens (tertiary/aromatic N) is 1. The summed E-state index contributed by atoms with van der Waals surface area (Å²) in [5, 5.41) is 0. The van der Waals surface area contributed by atoms with Crippen LogP contribution in [0.25, 0.3) is 0 Å². The van der Waals surface area contributed by atoms with Crippen molar-refractivity contribution in [2.45, 2.75) is 34.1 Å². The van der Waals surface area contributed by atoms with Crippen LogP contribution in [0.1, 0.15) is 38.4 Å². The van der Waals surface area contributed by atoms with Crippen molar-refractivity contribution >= 4 is 5.71 Å². The van der Waals surface area contributed by atoms with E-state index in [1.807, 2.05) is 26.8 Å². The highest BCUT2D eigenvalue weighted by Gasteiger charge is 2.10. The van der Waals surface area contributed by atoms with Crippen molar-refractivity contribution in [3.63, 3.8) is 0 Å². The van der Waals surface area contributed by atoms with Gasteiger partial charge in [-0.15, -0.1) is 0 Å². The fraction of sp³-hybridized carbons (Fsp3) is 0.417. The van der Waals surface area contributed by atoms with Gasteiger partial charge in [-0.1, -0.05) is 13.0 Å². The molecular weight excluding hydrogens is 191 g/mol. The summed E-state index contributed by atoms with van der Waals surface area (Å²) in [6.07, 6.45) is 4.32. The van der Waals surface area contributed by atoms with Crippen molar-refractivity contribution in [1.82, 2.24) is 4.98 Å². The van der Waals surface area contributed by atoms with Crippen LogP contribution >= 0.6 is 0 Å². The molecule has 2 nitrogen and oxygen atoms in total. The van der Waals surface area contributed by atoms with Crippen LogP contribution in [0.4, 0.5) is 4.39 Å². The average Bonchev–Trinajstić information content (AvgIpc) is 2.46. The third-order valence-electron chi connectivity index (χ3n) is 2.23. The predicted octanol–water partition coefficient (Wildman–Crippen LogP) is 3.59. The SMILES string of the molecule is CC/C=C(\C)N=C(C)c1c(F)c[nH]c1C. The molecule has 0 atom stereocenters. The molecule has 82 valence electrons. The van der Waals surface area contributed by atoms with Crippen LogP contribution in [0.3, 0.4) is 0 Å². The average molecular weight is 208 g/mol. The van der Waals surface area contributed by atoms with Crippen LogP contribution in [0.15, 0.2) is 23.0 Å². The predicted molar refractivity (Wildman–Crippen MR) is 61.7 cm³/mol. The lowest BCUT2D eigenvalue weighted by Gasteiger charge is -2.00. The first-order chi connectivity index (χ1) is 7.06. The van der Waals surface area contributed by atoms with E-state index in [1.54, 1.807) is 0 Å². The van der Waals surface area contributed by atoms with E-state index < -0.39 is 0 Å². The van der Waals surface area contributed by atoms with Gasteiger partial charge in [-0.2, -0.15) is 0 Å². The number of aromatic amines is 1. The quantitative estimate of drug-likeness (QED) is 0.735. The highest BCUT2D eigenvalue weighted by Crippen LogP contribution is 2.14. The number of nitrogens with one attached hydrogen (secondary N) is 1. The summed E-state index contributed by atoms with van der Waals surface area (Å²) >= 11 is 0. The summed E-state index contributed by atoms with van der Waals surface area (Å²) in [5.74, 6) is -0.238. The number of aliphatic imine (C=N–C) groups is 1. The Morgan fingerprint density at radius 1 is 1.53 bits per heavy atom. The number of halogens is 1. The first-order valence-corrected chi connectivity index (χ1v) is 5.12. The number of rotatable bonds is 3. The Morgan fingerprint density at radius 3 is 2.67 bits per heavy atom. The summed E-state index contributed by atoms with van der Waals surface area (Å²) in [7, 11) is 0. The largest absolute Gasteiger partial charge is 0.362 e. The van der Waals surface area contributed by atoms with Crippen LogP contribution in [0.2, 0.25) is 0 Å². The Bertz CT molecular complexity index is 380. The van der Waals surface area contributed by atoms with Crippen molar-refractivity contribution in [3.8, 4) is 0 Å². The van der Waals surface area contributed by atoms with Gasteiger partial charge in [-0.3, -0.25) is 4.99 Å². The maximum absolute atomic E-state index is 13.4. The van der Waals surface area contributed by atoms with Gasteiger partial charge in [-0.05, 0) is 27.2 Å². The van der Waals surface area contributed by atoms with E-state index in [2.05, 4.69) is 16.9 Å². The summed E-state index contributed by atoms with van der Waals surface area (Å²) < 4.78 is 13.4. The first-order valence-electron chi connectivity index (χ1n) is 5.12. The minimum Gasteiger partial charge on any atom is -0.362 e. The highest BCUT2D eigenvalue weighted by atomic mass is 19.1. The molecule has 3 heteroatoms. The second kappa shape index (κ2) is 4.91. The van der Waals surface area contributed by atoms with E-state index in [0.717, 1.165) is 17.8 Å². The van der Waals surface area contributed by atoms with E-state index in [4.69, 9.17) is 0 Å². The monoisotopic (exact) mass is 208 g/mol. The molecule has 0 aromatic carbocycles. The van der Waals surface area contributed by atoms with Crippen molar-refractivity contribution in [2.75, 3.05) is 0 Å². The Morgan fingerprint density at radius 2 is 2.20 bits per heavy atom. The number of aryl methyl sites for hydroxylation is 1. The molecule has 0 aliphatic carbocycles. The third kappa shape index (κ3) is 2.78. The fourth-order valence-electron chi connectivity index (χ4n) is 1.60. The molecule has 0 amide bonds. The van der Waals surface area contributed by atoms with Crippen molar-refractivity contribution < 1.29 is 4.39 Å². The molecule has 0 saturated carbocycles. The van der Waals surface area contributed by atoms with Gasteiger partial charge in [0.25, 0.3) is 0 Å². The Hall–Kier alpha value is -1.38. The van der Waals surface area contributed by atoms with Crippen molar-refractivity contribution in [2.24, 2.45) is 4.99 Å². The number of H-pyrrole nitrogens is 1. The standard InChI is InChI=1S/C12H17FN2/c1-5-6-8(2)15-10(4)12-9(3)14-7-11(12)13/h6-7,14H,5H2,1-4H3/b8-6+,15-10?. The van der Waals surface area contributed by atoms with E-state index in [1.165, 1.54) is 6.20 Å². The number of hydrogen-bond acceptors (Lipinski definition) is 1. The minimum absolute atomic E-state index is 0.238. The number of allylic oxidation sites excluding steroid dienone is 2. The van der Waals surface area contributed by atoms with Gasteiger partial charge in [0.1, 0.15) is 5.82 Å². The Balaban J connectivity index is 3.04. The molecule has 1 aromatic rings. The Kier molecular flexibility index (Phi) is 3.83. The van der Waals surface area contributed by atoms with Crippen molar-refractivity contribution in [3.05, 3.63) is 35.0 Å². The number of aromatic nitrogens is 1. The highest BCUT2D eigenvalue weighted by molar-refractivity contribution is 6.00. The molecule has 0 aliphatic rings. The van der Waals surface area contributed by atoms with Gasteiger partial charge < -0.3 is 4.98 Å². The zero-order chi connectivity index (χ0) is 11.4. The lowest BCUT2D eigenvalue weighted by Crippen LogP contribution is -1.98. The van der Waals surface area contributed by atoms with Gasteiger partial charge in [0.2, 0.25) is 0 Å². The van der Waals surface area contributed by atoms with E-state index in [0.29, 0.717) is 11.3 Å². The lowest BCUT2D eigenvalue weighted by molar-refractivity contribution is 0.627. The second-order valence-electron chi connectivity index (χ2n) is 3.59. The molecule has 0 saturated heterocycles. The van der Waals surface area contributed by atoms with Gasteiger partial charge in [0.15, 0.2) is 0 Å². The number of hydrogen-bond donors (Lipinski definition) is 1. The molecule has 0 spiro atoms. The zero-order valence-corrected chi connectivity index (χ0v) is 9.69. The van der Waals surface area contributed by atoms with Crippen LogP contribution in [0, 0.1) is 12.7 Å². The third-order valence-corrected chi connectivity index (χ3v) is 2.23. The topological polar surface area (TPSA) is 28.1 Å². The van der Waals surface area contributed by atoms with Gasteiger partial charge in [0.05, 0.1) is 5.56 Å². The molecule has 1 aromatic heterocycles. The molecule has 1 N–H and O–H groups in total. The summed E-state index contributed by atoms with van der Waals surface area (Å²) in [6, 6.07) is 0. The van der Waals surface area contributed by atoms with Crippen LogP contribution in [0.5, 0.6) is 0 Å². The fourth-order valence-corrected chi connectivity index (χ4v) is 1.60. The van der Waals surface area contributed by atoms with E-state index >= 15 is 0 Å². The molecule has 15 heavy (non-hydrogen) atoms. The van der Waals surface area contributed by atoms with Gasteiger partial charge in [-0.25, -0.2) is 4.39 Å².